The minimum absolute atomic E-state index is 0.0444. The van der Waals surface area contributed by atoms with Crippen LogP contribution in [0.2, 0.25) is 0 Å². The van der Waals surface area contributed by atoms with Crippen molar-refractivity contribution in [3.63, 3.8) is 0 Å². The first-order valence-electron chi connectivity index (χ1n) is 7.33. The molecule has 2 rings (SSSR count). The number of hydrogen-bond acceptors (Lipinski definition) is 2. The SMILES string of the molecule is CCCNc1ccc(C)cc1C(=O)NCCC1CC1. The summed E-state index contributed by atoms with van der Waals surface area (Å²) in [4.78, 5) is 12.2. The van der Waals surface area contributed by atoms with Crippen LogP contribution in [0.15, 0.2) is 18.2 Å². The maximum atomic E-state index is 12.2. The molecule has 0 spiro atoms. The Kier molecular flexibility index (Phi) is 4.83. The molecular weight excluding hydrogens is 236 g/mol. The molecule has 1 aliphatic carbocycles. The van der Waals surface area contributed by atoms with Crippen LogP contribution < -0.4 is 10.6 Å². The average Bonchev–Trinajstić information content (AvgIpc) is 3.21. The lowest BCUT2D eigenvalue weighted by Crippen LogP contribution is -2.26. The van der Waals surface area contributed by atoms with Gasteiger partial charge in [0.1, 0.15) is 0 Å². The second-order valence-electron chi connectivity index (χ2n) is 5.46. The molecule has 1 saturated carbocycles. The van der Waals surface area contributed by atoms with Gasteiger partial charge in [-0.05, 0) is 37.8 Å². The molecule has 104 valence electrons. The highest BCUT2D eigenvalue weighted by Gasteiger charge is 2.21. The van der Waals surface area contributed by atoms with Gasteiger partial charge in [-0.1, -0.05) is 31.4 Å². The van der Waals surface area contributed by atoms with Gasteiger partial charge in [0.25, 0.3) is 5.91 Å². The minimum Gasteiger partial charge on any atom is -0.384 e. The van der Waals surface area contributed by atoms with E-state index in [2.05, 4.69) is 17.6 Å². The molecule has 0 unspecified atom stereocenters. The fourth-order valence-corrected chi connectivity index (χ4v) is 2.15. The second-order valence-corrected chi connectivity index (χ2v) is 5.46. The molecule has 19 heavy (non-hydrogen) atoms. The zero-order valence-electron chi connectivity index (χ0n) is 12.0. The van der Waals surface area contributed by atoms with Crippen molar-refractivity contribution in [2.24, 2.45) is 5.92 Å². The van der Waals surface area contributed by atoms with Crippen molar-refractivity contribution in [1.82, 2.24) is 5.32 Å². The monoisotopic (exact) mass is 260 g/mol. The first kappa shape index (κ1) is 13.9. The molecule has 2 N–H and O–H groups in total. The Balaban J connectivity index is 1.97. The van der Waals surface area contributed by atoms with Crippen LogP contribution in [0.5, 0.6) is 0 Å². The summed E-state index contributed by atoms with van der Waals surface area (Å²) in [7, 11) is 0. The van der Waals surface area contributed by atoms with Crippen LogP contribution in [-0.4, -0.2) is 19.0 Å². The molecule has 3 nitrogen and oxygen atoms in total. The normalized spacial score (nSPS) is 14.2. The fraction of sp³-hybridized carbons (Fsp3) is 0.562. The van der Waals surface area contributed by atoms with Crippen molar-refractivity contribution in [2.45, 2.75) is 39.5 Å². The smallest absolute Gasteiger partial charge is 0.253 e. The van der Waals surface area contributed by atoms with Gasteiger partial charge in [0.15, 0.2) is 0 Å². The number of hydrogen-bond donors (Lipinski definition) is 2. The molecule has 1 aliphatic rings. The van der Waals surface area contributed by atoms with E-state index in [9.17, 15) is 4.79 Å². The van der Waals surface area contributed by atoms with E-state index in [-0.39, 0.29) is 5.91 Å². The standard InChI is InChI=1S/C16H24N2O/c1-3-9-17-15-7-4-12(2)11-14(15)16(19)18-10-8-13-5-6-13/h4,7,11,13,17H,3,5-6,8-10H2,1-2H3,(H,18,19). The third kappa shape index (κ3) is 4.27. The van der Waals surface area contributed by atoms with E-state index in [1.165, 1.54) is 12.8 Å². The third-order valence-corrected chi connectivity index (χ3v) is 3.52. The van der Waals surface area contributed by atoms with E-state index in [0.717, 1.165) is 48.7 Å². The maximum Gasteiger partial charge on any atom is 0.253 e. The number of anilines is 1. The minimum atomic E-state index is 0.0444. The van der Waals surface area contributed by atoms with Crippen LogP contribution in [-0.2, 0) is 0 Å². The first-order valence-corrected chi connectivity index (χ1v) is 7.33. The lowest BCUT2D eigenvalue weighted by Gasteiger charge is -2.12. The molecule has 0 atom stereocenters. The highest BCUT2D eigenvalue weighted by Crippen LogP contribution is 2.31. The topological polar surface area (TPSA) is 41.1 Å². The van der Waals surface area contributed by atoms with Gasteiger partial charge in [-0.3, -0.25) is 4.79 Å². The molecule has 1 amide bonds. The Morgan fingerprint density at radius 1 is 1.32 bits per heavy atom. The molecule has 3 heteroatoms. The van der Waals surface area contributed by atoms with Gasteiger partial charge in [0, 0.05) is 18.8 Å². The van der Waals surface area contributed by atoms with Crippen LogP contribution in [0.1, 0.15) is 48.5 Å². The van der Waals surface area contributed by atoms with Crippen LogP contribution in [0.3, 0.4) is 0 Å². The predicted molar refractivity (Wildman–Crippen MR) is 79.6 cm³/mol. The Labute approximate surface area is 115 Å². The van der Waals surface area contributed by atoms with Crippen LogP contribution >= 0.6 is 0 Å². The highest BCUT2D eigenvalue weighted by atomic mass is 16.1. The molecule has 1 fully saturated rings. The molecule has 1 aromatic carbocycles. The van der Waals surface area contributed by atoms with Crippen molar-refractivity contribution in [3.05, 3.63) is 29.3 Å². The molecule has 0 bridgehead atoms. The van der Waals surface area contributed by atoms with Gasteiger partial charge in [-0.2, -0.15) is 0 Å². The average molecular weight is 260 g/mol. The quantitative estimate of drug-likeness (QED) is 0.789. The summed E-state index contributed by atoms with van der Waals surface area (Å²) in [6.07, 6.45) is 4.85. The number of nitrogens with one attached hydrogen (secondary N) is 2. The van der Waals surface area contributed by atoms with Gasteiger partial charge in [-0.15, -0.1) is 0 Å². The van der Waals surface area contributed by atoms with Crippen molar-refractivity contribution in [2.75, 3.05) is 18.4 Å². The summed E-state index contributed by atoms with van der Waals surface area (Å²) >= 11 is 0. The summed E-state index contributed by atoms with van der Waals surface area (Å²) in [5.41, 5.74) is 2.83. The number of rotatable bonds is 7. The van der Waals surface area contributed by atoms with Crippen LogP contribution in [0.4, 0.5) is 5.69 Å². The summed E-state index contributed by atoms with van der Waals surface area (Å²) in [6.45, 7) is 5.83. The van der Waals surface area contributed by atoms with E-state index in [0.29, 0.717) is 0 Å². The van der Waals surface area contributed by atoms with E-state index >= 15 is 0 Å². The van der Waals surface area contributed by atoms with E-state index in [1.807, 2.05) is 25.1 Å². The first-order chi connectivity index (χ1) is 9.20. The number of aryl methyl sites for hydroxylation is 1. The Bertz CT molecular complexity index is 438. The largest absolute Gasteiger partial charge is 0.384 e. The van der Waals surface area contributed by atoms with Gasteiger partial charge in [0.05, 0.1) is 5.56 Å². The number of amides is 1. The van der Waals surface area contributed by atoms with Crippen molar-refractivity contribution in [1.29, 1.82) is 0 Å². The summed E-state index contributed by atoms with van der Waals surface area (Å²) < 4.78 is 0. The number of carbonyl (C=O) groups is 1. The van der Waals surface area contributed by atoms with E-state index in [1.54, 1.807) is 0 Å². The molecule has 1 aromatic rings. The molecule has 0 aliphatic heterocycles. The lowest BCUT2D eigenvalue weighted by atomic mass is 10.1. The van der Waals surface area contributed by atoms with Crippen LogP contribution in [0.25, 0.3) is 0 Å². The second kappa shape index (κ2) is 6.60. The summed E-state index contributed by atoms with van der Waals surface area (Å²) in [5.74, 6) is 0.901. The summed E-state index contributed by atoms with van der Waals surface area (Å²) in [5, 5.41) is 6.36. The predicted octanol–water partition coefficient (Wildman–Crippen LogP) is 3.35. The lowest BCUT2D eigenvalue weighted by molar-refractivity contribution is 0.0953. The van der Waals surface area contributed by atoms with Crippen molar-refractivity contribution < 1.29 is 4.79 Å². The third-order valence-electron chi connectivity index (χ3n) is 3.52. The van der Waals surface area contributed by atoms with Crippen molar-refractivity contribution in [3.8, 4) is 0 Å². The van der Waals surface area contributed by atoms with Crippen LogP contribution in [0, 0.1) is 12.8 Å². The molecule has 0 heterocycles. The van der Waals surface area contributed by atoms with Gasteiger partial charge < -0.3 is 10.6 Å². The fourth-order valence-electron chi connectivity index (χ4n) is 2.15. The molecular formula is C16H24N2O. The zero-order valence-corrected chi connectivity index (χ0v) is 12.0. The Morgan fingerprint density at radius 2 is 2.11 bits per heavy atom. The summed E-state index contributed by atoms with van der Waals surface area (Å²) in [6, 6.07) is 6.00. The number of benzene rings is 1. The van der Waals surface area contributed by atoms with Gasteiger partial charge >= 0.3 is 0 Å². The van der Waals surface area contributed by atoms with Gasteiger partial charge in [0.2, 0.25) is 0 Å². The van der Waals surface area contributed by atoms with Crippen molar-refractivity contribution >= 4 is 11.6 Å². The van der Waals surface area contributed by atoms with E-state index in [4.69, 9.17) is 0 Å². The highest BCUT2D eigenvalue weighted by molar-refractivity contribution is 5.99. The zero-order chi connectivity index (χ0) is 13.7. The molecule has 0 saturated heterocycles. The Morgan fingerprint density at radius 3 is 2.79 bits per heavy atom. The number of carbonyl (C=O) groups excluding carboxylic acids is 1. The van der Waals surface area contributed by atoms with E-state index < -0.39 is 0 Å². The van der Waals surface area contributed by atoms with Gasteiger partial charge in [-0.25, -0.2) is 0 Å². The molecule has 0 aromatic heterocycles. The maximum absolute atomic E-state index is 12.2. The Hall–Kier alpha value is -1.51. The molecule has 0 radical (unpaired) electrons.